The minimum absolute atomic E-state index is 0.0000476. The van der Waals surface area contributed by atoms with E-state index in [1.807, 2.05) is 0 Å². The second kappa shape index (κ2) is 6.70. The van der Waals surface area contributed by atoms with Crippen LogP contribution in [0.4, 0.5) is 5.82 Å². The molecule has 1 amide bonds. The van der Waals surface area contributed by atoms with Crippen molar-refractivity contribution in [1.82, 2.24) is 30.7 Å². The van der Waals surface area contributed by atoms with Gasteiger partial charge in [-0.1, -0.05) is 5.21 Å². The van der Waals surface area contributed by atoms with E-state index < -0.39 is 5.91 Å². The van der Waals surface area contributed by atoms with Gasteiger partial charge in [-0.3, -0.25) is 4.79 Å². The number of furan rings is 1. The molecule has 0 aliphatic heterocycles. The van der Waals surface area contributed by atoms with Crippen LogP contribution in [0.25, 0.3) is 5.82 Å². The van der Waals surface area contributed by atoms with Crippen LogP contribution >= 0.6 is 0 Å². The molecule has 0 aliphatic carbocycles. The average Bonchev–Trinajstić information content (AvgIpc) is 3.29. The first-order valence-corrected chi connectivity index (χ1v) is 6.59. The lowest BCUT2D eigenvalue weighted by atomic mass is 10.3. The van der Waals surface area contributed by atoms with E-state index in [1.165, 1.54) is 24.3 Å². The van der Waals surface area contributed by atoms with Crippen LogP contribution in [0.3, 0.4) is 0 Å². The molecule has 12 heteroatoms. The Morgan fingerprint density at radius 3 is 3.08 bits per heavy atom. The van der Waals surface area contributed by atoms with E-state index in [2.05, 4.69) is 35.8 Å². The lowest BCUT2D eigenvalue weighted by Crippen LogP contribution is -2.20. The molecule has 0 saturated carbocycles. The summed E-state index contributed by atoms with van der Waals surface area (Å²) in [5, 5.41) is 18.5. The molecule has 0 fully saturated rings. The minimum atomic E-state index is -0.592. The standard InChI is InChI=1S/C12H12N8O4/c1-22-6-8-9(12(21)16-14-5-7-3-2-4-23-7)15-19-20(8)11-10(13)17-24-18-11/h2-5H,6H2,1H3,(H2,13,17)(H,16,21)/b14-5-. The Bertz CT molecular complexity index is 850. The fraction of sp³-hybridized carbons (Fsp3) is 0.167. The number of amides is 1. The van der Waals surface area contributed by atoms with E-state index in [0.29, 0.717) is 11.5 Å². The second-order valence-electron chi connectivity index (χ2n) is 4.42. The molecule has 0 aliphatic rings. The van der Waals surface area contributed by atoms with Crippen LogP contribution in [0.2, 0.25) is 0 Å². The van der Waals surface area contributed by atoms with Crippen LogP contribution in [0.15, 0.2) is 32.5 Å². The first kappa shape index (κ1) is 15.4. The summed E-state index contributed by atoms with van der Waals surface area (Å²) in [6.07, 6.45) is 2.83. The van der Waals surface area contributed by atoms with Gasteiger partial charge >= 0.3 is 0 Å². The minimum Gasteiger partial charge on any atom is -0.463 e. The summed E-state index contributed by atoms with van der Waals surface area (Å²) in [4.78, 5) is 12.2. The van der Waals surface area contributed by atoms with E-state index >= 15 is 0 Å². The number of carbonyl (C=O) groups is 1. The highest BCUT2D eigenvalue weighted by molar-refractivity contribution is 5.94. The Morgan fingerprint density at radius 1 is 1.54 bits per heavy atom. The normalized spacial score (nSPS) is 11.2. The summed E-state index contributed by atoms with van der Waals surface area (Å²) >= 11 is 0. The lowest BCUT2D eigenvalue weighted by molar-refractivity contribution is 0.0944. The van der Waals surface area contributed by atoms with Crippen molar-refractivity contribution in [2.45, 2.75) is 6.61 Å². The maximum atomic E-state index is 12.2. The first-order valence-electron chi connectivity index (χ1n) is 6.59. The van der Waals surface area contributed by atoms with Crippen LogP contribution in [0, 0.1) is 0 Å². The highest BCUT2D eigenvalue weighted by Gasteiger charge is 2.23. The first-order chi connectivity index (χ1) is 11.7. The van der Waals surface area contributed by atoms with Crippen LogP contribution in [-0.2, 0) is 11.3 Å². The number of rotatable bonds is 6. The van der Waals surface area contributed by atoms with Crippen molar-refractivity contribution >= 4 is 17.9 Å². The van der Waals surface area contributed by atoms with Gasteiger partial charge in [0.25, 0.3) is 5.91 Å². The summed E-state index contributed by atoms with van der Waals surface area (Å²) in [6, 6.07) is 3.38. The molecule has 3 heterocycles. The number of hydrazone groups is 1. The van der Waals surface area contributed by atoms with Crippen LogP contribution in [0.1, 0.15) is 21.9 Å². The average molecular weight is 332 g/mol. The van der Waals surface area contributed by atoms with E-state index in [4.69, 9.17) is 14.9 Å². The number of aromatic nitrogens is 5. The van der Waals surface area contributed by atoms with Crippen molar-refractivity contribution in [1.29, 1.82) is 0 Å². The van der Waals surface area contributed by atoms with Gasteiger partial charge in [-0.05, 0) is 22.4 Å². The summed E-state index contributed by atoms with van der Waals surface area (Å²) in [6.45, 7) is 0.0317. The largest absolute Gasteiger partial charge is 0.463 e. The smallest absolute Gasteiger partial charge is 0.293 e. The fourth-order valence-corrected chi connectivity index (χ4v) is 1.82. The summed E-state index contributed by atoms with van der Waals surface area (Å²) in [7, 11) is 1.46. The number of anilines is 1. The van der Waals surface area contributed by atoms with Gasteiger partial charge in [-0.15, -0.1) is 5.10 Å². The molecule has 0 aromatic carbocycles. The molecule has 24 heavy (non-hydrogen) atoms. The fourth-order valence-electron chi connectivity index (χ4n) is 1.82. The molecule has 3 N–H and O–H groups in total. The number of nitrogens with one attached hydrogen (secondary N) is 1. The van der Waals surface area contributed by atoms with E-state index in [9.17, 15) is 4.79 Å². The molecule has 0 radical (unpaired) electrons. The number of carbonyl (C=O) groups excluding carboxylic acids is 1. The number of nitrogens with zero attached hydrogens (tertiary/aromatic N) is 6. The lowest BCUT2D eigenvalue weighted by Gasteiger charge is -2.03. The molecule has 3 aromatic rings. The van der Waals surface area contributed by atoms with E-state index in [0.717, 1.165) is 0 Å². The van der Waals surface area contributed by atoms with Crippen LogP contribution in [-0.4, -0.2) is 44.5 Å². The van der Waals surface area contributed by atoms with Gasteiger partial charge in [-0.25, -0.2) is 10.1 Å². The topological polar surface area (TPSA) is 159 Å². The van der Waals surface area contributed by atoms with Crippen molar-refractivity contribution in [3.8, 4) is 5.82 Å². The van der Waals surface area contributed by atoms with E-state index in [1.54, 1.807) is 12.1 Å². The van der Waals surface area contributed by atoms with Crippen LogP contribution < -0.4 is 11.2 Å². The SMILES string of the molecule is COCc1c(C(=O)N/N=C\c2ccco2)nnn1-c1nonc1N. The number of methoxy groups -OCH3 is 1. The Hall–Kier alpha value is -3.54. The molecular formula is C12H12N8O4. The molecule has 0 bridgehead atoms. The van der Waals surface area contributed by atoms with Gasteiger partial charge in [-0.2, -0.15) is 9.78 Å². The predicted octanol–water partition coefficient (Wildman–Crippen LogP) is -0.264. The molecule has 3 aromatic heterocycles. The zero-order chi connectivity index (χ0) is 16.9. The second-order valence-corrected chi connectivity index (χ2v) is 4.42. The van der Waals surface area contributed by atoms with Gasteiger partial charge in [0.1, 0.15) is 11.5 Å². The molecule has 0 spiro atoms. The van der Waals surface area contributed by atoms with Gasteiger partial charge in [0.15, 0.2) is 5.69 Å². The quantitative estimate of drug-likeness (QED) is 0.457. The highest BCUT2D eigenvalue weighted by atomic mass is 16.6. The third kappa shape index (κ3) is 2.98. The number of nitrogens with two attached hydrogens (primary N) is 1. The number of nitrogen functional groups attached to an aromatic ring is 1. The third-order valence-corrected chi connectivity index (χ3v) is 2.86. The number of hydrogen-bond donors (Lipinski definition) is 2. The van der Waals surface area contributed by atoms with Crippen molar-refractivity contribution in [3.05, 3.63) is 35.5 Å². The van der Waals surface area contributed by atoms with Gasteiger partial charge in [0.05, 0.1) is 19.1 Å². The number of ether oxygens (including phenoxy) is 1. The van der Waals surface area contributed by atoms with Crippen molar-refractivity contribution in [3.63, 3.8) is 0 Å². The van der Waals surface area contributed by atoms with Crippen molar-refractivity contribution < 1.29 is 18.6 Å². The van der Waals surface area contributed by atoms with Crippen LogP contribution in [0.5, 0.6) is 0 Å². The maximum absolute atomic E-state index is 12.2. The third-order valence-electron chi connectivity index (χ3n) is 2.86. The molecule has 0 unspecified atom stereocenters. The predicted molar refractivity (Wildman–Crippen MR) is 78.1 cm³/mol. The van der Waals surface area contributed by atoms with Gasteiger partial charge in [0, 0.05) is 7.11 Å². The number of hydrogen-bond acceptors (Lipinski definition) is 10. The molecule has 0 atom stereocenters. The summed E-state index contributed by atoms with van der Waals surface area (Å²) in [5.41, 5.74) is 8.25. The molecular weight excluding hydrogens is 320 g/mol. The zero-order valence-corrected chi connectivity index (χ0v) is 12.4. The summed E-state index contributed by atoms with van der Waals surface area (Å²) < 4.78 is 15.9. The Labute approximate surface area is 134 Å². The molecule has 124 valence electrons. The molecule has 3 rings (SSSR count). The highest BCUT2D eigenvalue weighted by Crippen LogP contribution is 2.16. The van der Waals surface area contributed by atoms with Gasteiger partial charge in [0.2, 0.25) is 11.6 Å². The van der Waals surface area contributed by atoms with Gasteiger partial charge < -0.3 is 14.9 Å². The summed E-state index contributed by atoms with van der Waals surface area (Å²) in [5.74, 6) is -0.00335. The monoisotopic (exact) mass is 332 g/mol. The maximum Gasteiger partial charge on any atom is 0.293 e. The Kier molecular flexibility index (Phi) is 4.29. The Morgan fingerprint density at radius 2 is 2.42 bits per heavy atom. The van der Waals surface area contributed by atoms with E-state index in [-0.39, 0.29) is 23.9 Å². The van der Waals surface area contributed by atoms with Crippen molar-refractivity contribution in [2.24, 2.45) is 5.10 Å². The molecule has 0 saturated heterocycles. The molecule has 12 nitrogen and oxygen atoms in total. The van der Waals surface area contributed by atoms with Crippen molar-refractivity contribution in [2.75, 3.05) is 12.8 Å². The zero-order valence-electron chi connectivity index (χ0n) is 12.4. The Balaban J connectivity index is 1.83.